The number of nitrogens with zero attached hydrogens (tertiary/aromatic N) is 4. The van der Waals surface area contributed by atoms with Gasteiger partial charge in [-0.05, 0) is 17.5 Å². The van der Waals surface area contributed by atoms with Crippen molar-refractivity contribution in [1.82, 2.24) is 24.8 Å². The summed E-state index contributed by atoms with van der Waals surface area (Å²) in [7, 11) is 2.95. The minimum Gasteiger partial charge on any atom is -0.469 e. The number of carbonyl (C=O) groups excluding carboxylic acids is 1. The van der Waals surface area contributed by atoms with E-state index in [2.05, 4.69) is 27.2 Å². The van der Waals surface area contributed by atoms with E-state index in [0.29, 0.717) is 43.4 Å². The molecule has 0 aliphatic carbocycles. The number of methoxy groups -OCH3 is 2. The van der Waals surface area contributed by atoms with Gasteiger partial charge in [-0.2, -0.15) is 15.0 Å². The van der Waals surface area contributed by atoms with Crippen LogP contribution in [-0.2, 0) is 29.0 Å². The number of carbonyl (C=O) groups is 1. The van der Waals surface area contributed by atoms with Crippen molar-refractivity contribution in [3.05, 3.63) is 35.4 Å². The number of aromatic nitrogens is 4. The van der Waals surface area contributed by atoms with E-state index in [0.717, 1.165) is 24.0 Å². The van der Waals surface area contributed by atoms with Crippen LogP contribution >= 0.6 is 0 Å². The Morgan fingerprint density at radius 3 is 2.75 bits per heavy atom. The molecule has 0 aliphatic heterocycles. The summed E-state index contributed by atoms with van der Waals surface area (Å²) < 4.78 is 17.6. The van der Waals surface area contributed by atoms with E-state index in [9.17, 15) is 4.79 Å². The van der Waals surface area contributed by atoms with E-state index >= 15 is 0 Å². The second-order valence-electron chi connectivity index (χ2n) is 7.27. The maximum Gasteiger partial charge on any atom is 0.320 e. The topological polar surface area (TPSA) is 126 Å². The highest BCUT2D eigenvalue weighted by Crippen LogP contribution is 2.25. The van der Waals surface area contributed by atoms with Crippen molar-refractivity contribution in [2.75, 3.05) is 33.1 Å². The van der Waals surface area contributed by atoms with Gasteiger partial charge in [0.05, 0.1) is 27.2 Å². The van der Waals surface area contributed by atoms with Crippen molar-refractivity contribution in [3.63, 3.8) is 0 Å². The first-order valence-corrected chi connectivity index (χ1v) is 10.6. The summed E-state index contributed by atoms with van der Waals surface area (Å²) in [6.07, 6.45) is 2.18. The average molecular weight is 443 g/mol. The second-order valence-corrected chi connectivity index (χ2v) is 7.27. The van der Waals surface area contributed by atoms with Gasteiger partial charge in [-0.3, -0.25) is 9.36 Å². The molecule has 0 fully saturated rings. The minimum absolute atomic E-state index is 0.239. The van der Waals surface area contributed by atoms with Crippen LogP contribution < -0.4 is 20.5 Å². The van der Waals surface area contributed by atoms with E-state index in [-0.39, 0.29) is 24.2 Å². The Hall–Kier alpha value is -3.40. The Labute approximate surface area is 187 Å². The molecule has 1 aromatic carbocycles. The molecule has 0 spiro atoms. The molecule has 0 bridgehead atoms. The van der Waals surface area contributed by atoms with Gasteiger partial charge in [0.15, 0.2) is 17.0 Å². The van der Waals surface area contributed by atoms with Gasteiger partial charge in [0.2, 0.25) is 0 Å². The molecular weight excluding hydrogens is 412 g/mol. The van der Waals surface area contributed by atoms with E-state index in [1.807, 2.05) is 28.8 Å². The molecule has 2 heterocycles. The standard InChI is InChI=1S/C22H30N6O4/c1-4-5-11-32-21-26-19(23)18-20(27-21)28(22(25-18)31-3)10-9-24-14-16-8-6-7-15(12-16)13-17(29)30-2/h6-8,12,24H,4-5,9-11,13-14H2,1-3H3,(H2,23,26,27). The van der Waals surface area contributed by atoms with Gasteiger partial charge in [0.1, 0.15) is 0 Å². The van der Waals surface area contributed by atoms with Crippen molar-refractivity contribution in [2.24, 2.45) is 0 Å². The van der Waals surface area contributed by atoms with Crippen LogP contribution in [0.5, 0.6) is 12.0 Å². The minimum atomic E-state index is -0.256. The predicted octanol–water partition coefficient (Wildman–Crippen LogP) is 2.10. The number of rotatable bonds is 12. The number of benzene rings is 1. The number of anilines is 1. The third-order valence-electron chi connectivity index (χ3n) is 4.89. The Morgan fingerprint density at radius 2 is 2.00 bits per heavy atom. The molecule has 172 valence electrons. The monoisotopic (exact) mass is 442 g/mol. The number of esters is 1. The van der Waals surface area contributed by atoms with Crippen LogP contribution in [0.2, 0.25) is 0 Å². The quantitative estimate of drug-likeness (QED) is 0.320. The molecular formula is C22H30N6O4. The Morgan fingerprint density at radius 1 is 1.19 bits per heavy atom. The number of hydrogen-bond donors (Lipinski definition) is 2. The van der Waals surface area contributed by atoms with E-state index in [1.165, 1.54) is 7.11 Å². The average Bonchev–Trinajstić information content (AvgIpc) is 3.15. The molecule has 3 rings (SSSR count). The number of ether oxygens (including phenoxy) is 3. The lowest BCUT2D eigenvalue weighted by Crippen LogP contribution is -2.20. The first-order chi connectivity index (χ1) is 15.5. The zero-order valence-electron chi connectivity index (χ0n) is 18.8. The van der Waals surface area contributed by atoms with E-state index < -0.39 is 0 Å². The van der Waals surface area contributed by atoms with Gasteiger partial charge in [-0.25, -0.2) is 0 Å². The first kappa shape index (κ1) is 23.3. The normalized spacial score (nSPS) is 11.0. The van der Waals surface area contributed by atoms with Crippen LogP contribution in [-0.4, -0.2) is 52.9 Å². The maximum atomic E-state index is 11.5. The van der Waals surface area contributed by atoms with Crippen LogP contribution in [0.3, 0.4) is 0 Å². The lowest BCUT2D eigenvalue weighted by Gasteiger charge is -2.10. The molecule has 0 saturated heterocycles. The van der Waals surface area contributed by atoms with Gasteiger partial charge in [-0.1, -0.05) is 37.6 Å². The fourth-order valence-corrected chi connectivity index (χ4v) is 3.22. The second kappa shape index (κ2) is 11.3. The fraction of sp³-hybridized carbons (Fsp3) is 0.455. The molecule has 0 atom stereocenters. The molecule has 3 N–H and O–H groups in total. The lowest BCUT2D eigenvalue weighted by atomic mass is 10.1. The third kappa shape index (κ3) is 5.85. The Bertz CT molecular complexity index is 1050. The summed E-state index contributed by atoms with van der Waals surface area (Å²) in [5.41, 5.74) is 9.13. The molecule has 10 nitrogen and oxygen atoms in total. The van der Waals surface area contributed by atoms with Gasteiger partial charge in [-0.15, -0.1) is 0 Å². The van der Waals surface area contributed by atoms with Crippen LogP contribution in [0.1, 0.15) is 30.9 Å². The SMILES string of the molecule is CCCCOc1nc(N)c2nc(OC)n(CCNCc3cccc(CC(=O)OC)c3)c2n1. The number of nitrogens with one attached hydrogen (secondary N) is 1. The van der Waals surface area contributed by atoms with Crippen molar-refractivity contribution in [2.45, 2.75) is 39.3 Å². The lowest BCUT2D eigenvalue weighted by molar-refractivity contribution is -0.139. The van der Waals surface area contributed by atoms with Crippen LogP contribution in [0.25, 0.3) is 11.2 Å². The molecule has 0 radical (unpaired) electrons. The number of unbranched alkanes of at least 4 members (excludes halogenated alkanes) is 1. The molecule has 0 saturated carbocycles. The summed E-state index contributed by atoms with van der Waals surface area (Å²) in [6.45, 7) is 4.46. The molecule has 0 amide bonds. The fourth-order valence-electron chi connectivity index (χ4n) is 3.22. The van der Waals surface area contributed by atoms with Crippen LogP contribution in [0.15, 0.2) is 24.3 Å². The summed E-state index contributed by atoms with van der Waals surface area (Å²) in [4.78, 5) is 24.6. The first-order valence-electron chi connectivity index (χ1n) is 10.6. The summed E-state index contributed by atoms with van der Waals surface area (Å²) in [5.74, 6) is 0.00224. The van der Waals surface area contributed by atoms with Gasteiger partial charge in [0.25, 0.3) is 6.01 Å². The smallest absolute Gasteiger partial charge is 0.320 e. The van der Waals surface area contributed by atoms with Gasteiger partial charge < -0.3 is 25.3 Å². The molecule has 32 heavy (non-hydrogen) atoms. The highest BCUT2D eigenvalue weighted by molar-refractivity contribution is 5.83. The maximum absolute atomic E-state index is 11.5. The van der Waals surface area contributed by atoms with Gasteiger partial charge in [0, 0.05) is 19.6 Å². The van der Waals surface area contributed by atoms with E-state index in [4.69, 9.17) is 19.9 Å². The Kier molecular flexibility index (Phi) is 8.20. The van der Waals surface area contributed by atoms with Crippen molar-refractivity contribution < 1.29 is 19.0 Å². The zero-order chi connectivity index (χ0) is 22.9. The molecule has 3 aromatic rings. The van der Waals surface area contributed by atoms with Crippen molar-refractivity contribution >= 4 is 23.0 Å². The third-order valence-corrected chi connectivity index (χ3v) is 4.89. The summed E-state index contributed by atoms with van der Waals surface area (Å²) >= 11 is 0. The molecule has 0 aliphatic rings. The van der Waals surface area contributed by atoms with Crippen molar-refractivity contribution in [3.8, 4) is 12.0 Å². The predicted molar refractivity (Wildman–Crippen MR) is 121 cm³/mol. The number of fused-ring (bicyclic) bond motifs is 1. The van der Waals surface area contributed by atoms with Crippen LogP contribution in [0.4, 0.5) is 5.82 Å². The molecule has 0 unspecified atom stereocenters. The number of hydrogen-bond acceptors (Lipinski definition) is 9. The Balaban J connectivity index is 1.66. The number of imidazole rings is 1. The largest absolute Gasteiger partial charge is 0.469 e. The van der Waals surface area contributed by atoms with E-state index in [1.54, 1.807) is 7.11 Å². The molecule has 2 aromatic heterocycles. The summed E-state index contributed by atoms with van der Waals surface area (Å²) in [6, 6.07) is 8.49. The number of nitrogen functional groups attached to an aromatic ring is 1. The zero-order valence-corrected chi connectivity index (χ0v) is 18.8. The number of nitrogens with two attached hydrogens (primary N) is 1. The van der Waals surface area contributed by atoms with Gasteiger partial charge >= 0.3 is 12.0 Å². The van der Waals surface area contributed by atoms with Crippen molar-refractivity contribution in [1.29, 1.82) is 0 Å². The highest BCUT2D eigenvalue weighted by atomic mass is 16.5. The van der Waals surface area contributed by atoms with Crippen LogP contribution in [0, 0.1) is 0 Å². The summed E-state index contributed by atoms with van der Waals surface area (Å²) in [5, 5.41) is 3.40. The highest BCUT2D eigenvalue weighted by Gasteiger charge is 2.17. The molecule has 10 heteroatoms.